The lowest BCUT2D eigenvalue weighted by molar-refractivity contribution is -0.151. The van der Waals surface area contributed by atoms with Gasteiger partial charge in [-0.25, -0.2) is 14.4 Å². The number of alkyl carbamates (subject to hydrolysis) is 1. The Morgan fingerprint density at radius 3 is 1.23 bits per heavy atom. The van der Waals surface area contributed by atoms with E-state index in [0.717, 1.165) is 85.6 Å². The molecule has 0 fully saturated rings. The van der Waals surface area contributed by atoms with Gasteiger partial charge in [0.15, 0.2) is 5.78 Å². The highest BCUT2D eigenvalue weighted by atomic mass is 16.6. The van der Waals surface area contributed by atoms with E-state index >= 15 is 0 Å². The number of methoxy groups -OCH3 is 3. The van der Waals surface area contributed by atoms with Gasteiger partial charge in [-0.2, -0.15) is 0 Å². The number of nitrogens with two attached hydrogens (primary N) is 2. The lowest BCUT2D eigenvalue weighted by atomic mass is 9.90. The van der Waals surface area contributed by atoms with E-state index in [4.69, 9.17) is 40.3 Å². The molecule has 11 N–H and O–H groups in total. The van der Waals surface area contributed by atoms with Crippen molar-refractivity contribution in [3.8, 4) is 11.1 Å². The minimum absolute atomic E-state index is 0. The number of amides is 4. The zero-order valence-electron chi connectivity index (χ0n) is 67.8. The Kier molecular flexibility index (Phi) is 49.3. The maximum atomic E-state index is 13.0. The molecule has 0 spiro atoms. The summed E-state index contributed by atoms with van der Waals surface area (Å²) in [7, 11) is 3.94. The van der Waals surface area contributed by atoms with Crippen molar-refractivity contribution in [3.63, 3.8) is 0 Å². The predicted molar refractivity (Wildman–Crippen MR) is 434 cm³/mol. The number of hydrogen-bond acceptors (Lipinski definition) is 17. The molecule has 111 heavy (non-hydrogen) atoms. The van der Waals surface area contributed by atoms with E-state index in [1.54, 1.807) is 27.7 Å². The smallest absolute Gasteiger partial charge is 0.408 e. The zero-order chi connectivity index (χ0) is 81.2. The van der Waals surface area contributed by atoms with Gasteiger partial charge in [0.2, 0.25) is 17.7 Å². The van der Waals surface area contributed by atoms with Crippen LogP contribution in [-0.2, 0) is 86.1 Å². The molecule has 1 aliphatic rings. The monoisotopic (exact) mass is 1540 g/mol. The largest absolute Gasteiger partial charge is 0.481 e. The molecule has 0 aliphatic heterocycles. The van der Waals surface area contributed by atoms with Crippen LogP contribution < -0.4 is 32.7 Å². The Morgan fingerprint density at radius 2 is 0.820 bits per heavy atom. The normalized spacial score (nSPS) is 13.3. The Balaban J connectivity index is 0.000000504. The molecular formula is C88H130N6O17. The molecule has 614 valence electrons. The van der Waals surface area contributed by atoms with Gasteiger partial charge >= 0.3 is 35.9 Å². The molecule has 5 aromatic rings. The zero-order valence-corrected chi connectivity index (χ0v) is 67.8. The number of carbonyl (C=O) groups excluding carboxylic acids is 9. The fourth-order valence-electron chi connectivity index (χ4n) is 12.5. The third-order valence-corrected chi connectivity index (χ3v) is 18.8. The fourth-order valence-corrected chi connectivity index (χ4v) is 12.5. The van der Waals surface area contributed by atoms with Crippen molar-refractivity contribution in [2.45, 2.75) is 270 Å². The van der Waals surface area contributed by atoms with Crippen molar-refractivity contribution < 1.29 is 82.2 Å². The van der Waals surface area contributed by atoms with Crippen molar-refractivity contribution in [1.82, 2.24) is 21.3 Å². The first-order chi connectivity index (χ1) is 52.7. The molecule has 0 radical (unpaired) electrons. The molecule has 6 rings (SSSR count). The summed E-state index contributed by atoms with van der Waals surface area (Å²) in [6, 6.07) is 40.4. The van der Waals surface area contributed by atoms with Crippen LogP contribution in [0.3, 0.4) is 0 Å². The number of esters is 4. The minimum atomic E-state index is -0.987. The number of unbranched alkanes of at least 4 members (excludes halogenated alkanes) is 15. The van der Waals surface area contributed by atoms with Crippen LogP contribution >= 0.6 is 0 Å². The van der Waals surface area contributed by atoms with Gasteiger partial charge in [-0.05, 0) is 92.3 Å². The summed E-state index contributed by atoms with van der Waals surface area (Å²) in [6.07, 6.45) is 21.9. The second-order valence-electron chi connectivity index (χ2n) is 29.3. The lowest BCUT2D eigenvalue weighted by Crippen LogP contribution is -2.53. The number of carboxylic acid groups (broad SMARTS) is 1. The van der Waals surface area contributed by atoms with E-state index < -0.39 is 95.5 Å². The summed E-state index contributed by atoms with van der Waals surface area (Å²) in [5.41, 5.74) is 18.4. The summed E-state index contributed by atoms with van der Waals surface area (Å²) >= 11 is 0. The third kappa shape index (κ3) is 39.9. The molecule has 0 saturated heterocycles. The van der Waals surface area contributed by atoms with Crippen LogP contribution in [-0.4, -0.2) is 140 Å². The SMILES string of the molecule is CCCCCCCCC(N)C(=O)N[C@@H](Cc1ccccc1)C(=O)OC.CCCCCCCCC(NC(=O)OC(C)(C)C)C(=O)N[C@@H](Cc1ccccc1)C(=O)OC.CCCCCCCCC(NC(=O)[C@H](C)N)C(=O)C[C@@H](Cc1ccccc1)C(=O)OC.C[C@H](CC(=O)OCC1c2ccccc2-c2ccccc21)C(=O)O.O. The molecule has 1 aliphatic carbocycles. The molecule has 0 bridgehead atoms. The van der Waals surface area contributed by atoms with Crippen molar-refractivity contribution in [2.24, 2.45) is 23.3 Å². The molecule has 23 heteroatoms. The number of benzene rings is 5. The van der Waals surface area contributed by atoms with Crippen molar-refractivity contribution in [3.05, 3.63) is 167 Å². The summed E-state index contributed by atoms with van der Waals surface area (Å²) in [5, 5.41) is 19.8. The summed E-state index contributed by atoms with van der Waals surface area (Å²) in [6.45, 7) is 15.2. The summed E-state index contributed by atoms with van der Waals surface area (Å²) in [4.78, 5) is 122. The van der Waals surface area contributed by atoms with Gasteiger partial charge in [0.25, 0.3) is 0 Å². The lowest BCUT2D eigenvalue weighted by Gasteiger charge is -2.25. The summed E-state index contributed by atoms with van der Waals surface area (Å²) in [5.74, 6) is -5.37. The number of hydrogen-bond donors (Lipinski definition) is 7. The van der Waals surface area contributed by atoms with Crippen LogP contribution in [0.5, 0.6) is 0 Å². The molecule has 3 unspecified atom stereocenters. The van der Waals surface area contributed by atoms with Gasteiger partial charge < -0.3 is 67.0 Å². The Hall–Kier alpha value is -9.32. The first kappa shape index (κ1) is 97.8. The highest BCUT2D eigenvalue weighted by Crippen LogP contribution is 2.44. The highest BCUT2D eigenvalue weighted by Gasteiger charge is 2.33. The third-order valence-electron chi connectivity index (χ3n) is 18.8. The van der Waals surface area contributed by atoms with Crippen LogP contribution in [0.4, 0.5) is 4.79 Å². The van der Waals surface area contributed by atoms with Gasteiger partial charge in [0.1, 0.15) is 30.3 Å². The Bertz CT molecular complexity index is 3470. The Morgan fingerprint density at radius 1 is 0.441 bits per heavy atom. The van der Waals surface area contributed by atoms with Gasteiger partial charge in [-0.1, -0.05) is 283 Å². The second kappa shape index (κ2) is 56.0. The average molecular weight is 1540 g/mol. The van der Waals surface area contributed by atoms with Gasteiger partial charge in [-0.15, -0.1) is 0 Å². The number of carboxylic acids is 1. The number of aliphatic carboxylic acids is 1. The van der Waals surface area contributed by atoms with Crippen LogP contribution in [0, 0.1) is 11.8 Å². The van der Waals surface area contributed by atoms with Gasteiger partial charge in [-0.3, -0.25) is 33.6 Å². The Labute approximate surface area is 659 Å². The number of fused-ring (bicyclic) bond motifs is 3. The number of ketones is 1. The quantitative estimate of drug-likeness (QED) is 0.0108. The molecule has 23 nitrogen and oxygen atoms in total. The molecule has 0 heterocycles. The minimum Gasteiger partial charge on any atom is -0.481 e. The molecule has 4 amide bonds. The van der Waals surface area contributed by atoms with E-state index in [2.05, 4.69) is 54.2 Å². The van der Waals surface area contributed by atoms with Crippen LogP contribution in [0.25, 0.3) is 11.1 Å². The predicted octanol–water partition coefficient (Wildman–Crippen LogP) is 13.7. The van der Waals surface area contributed by atoms with Crippen LogP contribution in [0.2, 0.25) is 0 Å². The topological polar surface area (TPSA) is 369 Å². The first-order valence-electron chi connectivity index (χ1n) is 39.6. The molecule has 5 aromatic carbocycles. The average Bonchev–Trinajstić information content (AvgIpc) is 1.62. The number of nitrogens with one attached hydrogen (secondary N) is 4. The number of rotatable bonds is 45. The van der Waals surface area contributed by atoms with Crippen molar-refractivity contribution in [2.75, 3.05) is 27.9 Å². The van der Waals surface area contributed by atoms with E-state index in [1.165, 1.54) is 97.2 Å². The van der Waals surface area contributed by atoms with E-state index in [9.17, 15) is 47.9 Å². The fraction of sp³-hybridized carbons (Fsp3) is 0.545. The van der Waals surface area contributed by atoms with Crippen molar-refractivity contribution in [1.29, 1.82) is 0 Å². The van der Waals surface area contributed by atoms with Crippen LogP contribution in [0.15, 0.2) is 140 Å². The van der Waals surface area contributed by atoms with E-state index in [0.29, 0.717) is 38.5 Å². The van der Waals surface area contributed by atoms with Gasteiger partial charge in [0, 0.05) is 25.2 Å². The maximum Gasteiger partial charge on any atom is 0.408 e. The van der Waals surface area contributed by atoms with Gasteiger partial charge in [0.05, 0.1) is 57.7 Å². The maximum absolute atomic E-state index is 13.0. The van der Waals surface area contributed by atoms with E-state index in [-0.39, 0.29) is 48.4 Å². The first-order valence-corrected chi connectivity index (χ1v) is 39.6. The van der Waals surface area contributed by atoms with Crippen molar-refractivity contribution >= 4 is 59.4 Å². The second-order valence-corrected chi connectivity index (χ2v) is 29.3. The standard InChI is InChI=1S/C25H40N2O5.C24H38N2O4.C20H32N2O3.C19H18O4.H2O/c1-6-7-8-9-10-14-17-20(27-24(30)32-25(2,3)4)22(28)26-21(23(29)31-5)18-19-15-12-11-13-16-19;1-4-5-6-7-8-12-15-21(26-23(28)18(2)25)22(27)17-20(24(29)30-3)16-19-13-10-9-11-14-19;1-3-4-5-6-7-11-14-17(21)19(23)22-18(20(24)25-2)15-16-12-9-8-10-13-16;1-12(19(21)22)10-18(20)23-11-17-15-8-4-2-6-13(15)14-7-3-5-9-16(14)17;/h11-13,15-16,20-21H,6-10,14,17-18H2,1-5H3,(H,26,28)(H,27,30);9-11,13-14,18,20-21H,4-8,12,15-17,25H2,1-3H3,(H,26,28);8-10,12-13,17-18H,3-7,11,14-15,21H2,1-2H3,(H,22,23);2-9,12,17H,10-11H2,1H3,(H,21,22);1H2/t20?,21-;18-,20+,21?;17?,18-;12-;/m0001./s1. The summed E-state index contributed by atoms with van der Waals surface area (Å²) < 4.78 is 25.3. The number of ether oxygens (including phenoxy) is 5. The molecule has 0 saturated carbocycles. The molecular weight excluding hydrogens is 1410 g/mol. The molecule has 0 aromatic heterocycles. The van der Waals surface area contributed by atoms with E-state index in [1.807, 2.05) is 127 Å². The number of carbonyl (C=O) groups is 10. The van der Waals surface area contributed by atoms with Crippen LogP contribution in [0.1, 0.15) is 237 Å². The number of Topliss-reactive ketones (excluding diaryl/α,β-unsaturated/α-hetero) is 1. The highest BCUT2D eigenvalue weighted by molar-refractivity contribution is 5.93. The molecule has 8 atom stereocenters.